The van der Waals surface area contributed by atoms with Crippen molar-refractivity contribution < 1.29 is 19.1 Å². The second-order valence-corrected chi connectivity index (χ2v) is 6.82. The maximum absolute atomic E-state index is 11.8. The van der Waals surface area contributed by atoms with Crippen molar-refractivity contribution in [2.75, 3.05) is 27.3 Å². The fraction of sp³-hybridized carbons (Fsp3) is 0.273. The molecule has 2 heterocycles. The van der Waals surface area contributed by atoms with E-state index in [9.17, 15) is 9.59 Å². The Kier molecular flexibility index (Phi) is 6.85. The molecule has 0 spiro atoms. The second-order valence-electron chi connectivity index (χ2n) is 6.82. The van der Waals surface area contributed by atoms with Crippen LogP contribution in [0.2, 0.25) is 0 Å². The SMILES string of the molecule is C=CC(=O)NN1CC[C@H](c2cnc(C(N)=O)c(C#Cc3cc(OC)cc(OC)c3)n2)C1. The third-order valence-corrected chi connectivity index (χ3v) is 4.76. The number of carbonyl (C=O) groups is 2. The molecule has 3 N–H and O–H groups in total. The zero-order chi connectivity index (χ0) is 22.4. The van der Waals surface area contributed by atoms with E-state index in [0.717, 1.165) is 6.42 Å². The molecule has 9 nitrogen and oxygen atoms in total. The third-order valence-electron chi connectivity index (χ3n) is 4.76. The predicted molar refractivity (Wildman–Crippen MR) is 113 cm³/mol. The highest BCUT2D eigenvalue weighted by Crippen LogP contribution is 2.25. The Hall–Kier alpha value is -3.90. The molecule has 0 saturated carbocycles. The Bertz CT molecular complexity index is 1050. The first-order valence-electron chi connectivity index (χ1n) is 9.53. The molecule has 1 atom stereocenters. The number of nitrogens with two attached hydrogens (primary N) is 1. The molecule has 1 aliphatic rings. The van der Waals surface area contributed by atoms with Gasteiger partial charge in [0, 0.05) is 36.8 Å². The Morgan fingerprint density at radius 2 is 1.97 bits per heavy atom. The lowest BCUT2D eigenvalue weighted by atomic mass is 10.1. The van der Waals surface area contributed by atoms with Crippen LogP contribution in [0.3, 0.4) is 0 Å². The van der Waals surface area contributed by atoms with Gasteiger partial charge in [-0.3, -0.25) is 15.0 Å². The number of methoxy groups -OCH3 is 2. The average molecular weight is 421 g/mol. The molecule has 0 aliphatic carbocycles. The Labute approximate surface area is 180 Å². The highest BCUT2D eigenvalue weighted by molar-refractivity contribution is 5.92. The first-order valence-corrected chi connectivity index (χ1v) is 9.53. The molecule has 1 saturated heterocycles. The lowest BCUT2D eigenvalue weighted by Crippen LogP contribution is -2.39. The van der Waals surface area contributed by atoms with Gasteiger partial charge in [0.2, 0.25) is 0 Å². The first kappa shape index (κ1) is 21.8. The van der Waals surface area contributed by atoms with Gasteiger partial charge in [0.05, 0.1) is 19.9 Å². The normalized spacial score (nSPS) is 15.5. The number of hydrogen-bond acceptors (Lipinski definition) is 7. The number of carbonyl (C=O) groups excluding carboxylic acids is 2. The molecule has 2 amide bonds. The van der Waals surface area contributed by atoms with Crippen LogP contribution in [0.25, 0.3) is 0 Å². The van der Waals surface area contributed by atoms with Crippen molar-refractivity contribution in [3.8, 4) is 23.3 Å². The Balaban J connectivity index is 1.89. The number of nitrogens with one attached hydrogen (secondary N) is 1. The lowest BCUT2D eigenvalue weighted by molar-refractivity contribution is -0.120. The minimum absolute atomic E-state index is 0.000856. The van der Waals surface area contributed by atoms with E-state index in [1.807, 2.05) is 0 Å². The van der Waals surface area contributed by atoms with Crippen molar-refractivity contribution in [2.24, 2.45) is 5.73 Å². The molecule has 2 aromatic rings. The van der Waals surface area contributed by atoms with Crippen LogP contribution in [0.1, 0.15) is 39.8 Å². The molecule has 0 unspecified atom stereocenters. The van der Waals surface area contributed by atoms with Crippen LogP contribution in [0, 0.1) is 11.8 Å². The van der Waals surface area contributed by atoms with E-state index in [1.54, 1.807) is 37.4 Å². The number of nitrogens with zero attached hydrogens (tertiary/aromatic N) is 3. The fourth-order valence-corrected chi connectivity index (χ4v) is 3.18. The molecule has 31 heavy (non-hydrogen) atoms. The number of aromatic nitrogens is 2. The number of benzene rings is 1. The number of amides is 2. The molecule has 1 aliphatic heterocycles. The maximum atomic E-state index is 11.8. The fourth-order valence-electron chi connectivity index (χ4n) is 3.18. The van der Waals surface area contributed by atoms with Crippen LogP contribution in [0.5, 0.6) is 11.5 Å². The van der Waals surface area contributed by atoms with Gasteiger partial charge < -0.3 is 15.2 Å². The van der Waals surface area contributed by atoms with Gasteiger partial charge in [-0.05, 0) is 30.6 Å². The number of rotatable bonds is 6. The minimum Gasteiger partial charge on any atom is -0.497 e. The lowest BCUT2D eigenvalue weighted by Gasteiger charge is -2.16. The summed E-state index contributed by atoms with van der Waals surface area (Å²) in [4.78, 5) is 32.1. The summed E-state index contributed by atoms with van der Waals surface area (Å²) in [6.07, 6.45) is 3.52. The van der Waals surface area contributed by atoms with Crippen molar-refractivity contribution >= 4 is 11.8 Å². The van der Waals surface area contributed by atoms with Gasteiger partial charge in [-0.15, -0.1) is 0 Å². The molecular formula is C22H23N5O4. The van der Waals surface area contributed by atoms with Crippen molar-refractivity contribution in [3.05, 3.63) is 59.7 Å². The molecule has 3 rings (SSSR count). The summed E-state index contributed by atoms with van der Waals surface area (Å²) in [5.74, 6) is 6.09. The van der Waals surface area contributed by atoms with E-state index >= 15 is 0 Å². The highest BCUT2D eigenvalue weighted by atomic mass is 16.5. The van der Waals surface area contributed by atoms with E-state index in [-0.39, 0.29) is 23.2 Å². The third kappa shape index (κ3) is 5.38. The summed E-state index contributed by atoms with van der Waals surface area (Å²) in [5, 5.41) is 1.80. The number of hydrogen-bond donors (Lipinski definition) is 2. The zero-order valence-electron chi connectivity index (χ0n) is 17.3. The van der Waals surface area contributed by atoms with Crippen molar-refractivity contribution in [2.45, 2.75) is 12.3 Å². The van der Waals surface area contributed by atoms with Gasteiger partial charge in [-0.2, -0.15) is 0 Å². The number of primary amides is 1. The van der Waals surface area contributed by atoms with Crippen LogP contribution in [-0.2, 0) is 4.79 Å². The largest absolute Gasteiger partial charge is 0.497 e. The van der Waals surface area contributed by atoms with E-state index < -0.39 is 5.91 Å². The van der Waals surface area contributed by atoms with Crippen molar-refractivity contribution in [1.82, 2.24) is 20.4 Å². The number of ether oxygens (including phenoxy) is 2. The monoisotopic (exact) mass is 421 g/mol. The van der Waals surface area contributed by atoms with E-state index in [4.69, 9.17) is 15.2 Å². The summed E-state index contributed by atoms with van der Waals surface area (Å²) < 4.78 is 10.5. The summed E-state index contributed by atoms with van der Waals surface area (Å²) >= 11 is 0. The quantitative estimate of drug-likeness (QED) is 0.527. The number of hydrazine groups is 1. The van der Waals surface area contributed by atoms with Gasteiger partial charge in [0.15, 0.2) is 5.69 Å². The molecule has 1 aromatic heterocycles. The van der Waals surface area contributed by atoms with Crippen LogP contribution in [0.4, 0.5) is 0 Å². The molecule has 0 radical (unpaired) electrons. The van der Waals surface area contributed by atoms with E-state index in [1.165, 1.54) is 12.3 Å². The highest BCUT2D eigenvalue weighted by Gasteiger charge is 2.27. The minimum atomic E-state index is -0.710. The van der Waals surface area contributed by atoms with Crippen LogP contribution in [0.15, 0.2) is 37.1 Å². The van der Waals surface area contributed by atoms with Gasteiger partial charge in [0.1, 0.15) is 17.2 Å². The molecule has 1 aromatic carbocycles. The molecule has 9 heteroatoms. The standard InChI is InChI=1S/C22H23N5O4/c1-4-20(28)26-27-8-7-15(13-27)19-12-24-21(22(23)29)18(25-19)6-5-14-9-16(30-2)11-17(10-14)31-3/h4,9-12,15H,1,7-8,13H2,2-3H3,(H2,23,29)(H,26,28)/t15-/m0/s1. The van der Waals surface area contributed by atoms with Crippen LogP contribution >= 0.6 is 0 Å². The van der Waals surface area contributed by atoms with Crippen molar-refractivity contribution in [1.29, 1.82) is 0 Å². The van der Waals surface area contributed by atoms with Gasteiger partial charge in [-0.25, -0.2) is 15.0 Å². The molecular weight excluding hydrogens is 398 g/mol. The summed E-state index contributed by atoms with van der Waals surface area (Å²) in [6.45, 7) is 4.67. The smallest absolute Gasteiger partial charge is 0.270 e. The Morgan fingerprint density at radius 3 is 2.58 bits per heavy atom. The summed E-state index contributed by atoms with van der Waals surface area (Å²) in [7, 11) is 3.10. The summed E-state index contributed by atoms with van der Waals surface area (Å²) in [5.41, 5.74) is 9.69. The molecule has 0 bridgehead atoms. The van der Waals surface area contributed by atoms with E-state index in [0.29, 0.717) is 35.8 Å². The first-order chi connectivity index (χ1) is 14.9. The second kappa shape index (κ2) is 9.73. The van der Waals surface area contributed by atoms with E-state index in [2.05, 4.69) is 33.8 Å². The van der Waals surface area contributed by atoms with Crippen molar-refractivity contribution in [3.63, 3.8) is 0 Å². The maximum Gasteiger partial charge on any atom is 0.270 e. The zero-order valence-corrected chi connectivity index (χ0v) is 17.3. The average Bonchev–Trinajstić information content (AvgIpc) is 3.25. The summed E-state index contributed by atoms with van der Waals surface area (Å²) in [6, 6.07) is 5.22. The van der Waals surface area contributed by atoms with Gasteiger partial charge in [0.25, 0.3) is 11.8 Å². The molecule has 1 fully saturated rings. The van der Waals surface area contributed by atoms with Crippen LogP contribution in [-0.4, -0.2) is 54.1 Å². The topological polar surface area (TPSA) is 120 Å². The van der Waals surface area contributed by atoms with Gasteiger partial charge >= 0.3 is 0 Å². The van der Waals surface area contributed by atoms with Crippen LogP contribution < -0.4 is 20.6 Å². The van der Waals surface area contributed by atoms with Gasteiger partial charge in [-0.1, -0.05) is 12.5 Å². The Morgan fingerprint density at radius 1 is 1.26 bits per heavy atom. The predicted octanol–water partition coefficient (Wildman–Crippen LogP) is 0.999. The molecule has 160 valence electrons.